The summed E-state index contributed by atoms with van der Waals surface area (Å²) in [5.74, 6) is 2.34. The van der Waals surface area contributed by atoms with Crippen LogP contribution < -0.4 is 9.47 Å². The van der Waals surface area contributed by atoms with E-state index < -0.39 is 0 Å². The number of ether oxygens (including phenoxy) is 2. The van der Waals surface area contributed by atoms with Gasteiger partial charge in [-0.3, -0.25) is 4.79 Å². The minimum Gasteiger partial charge on any atom is -0.493 e. The fourth-order valence-electron chi connectivity index (χ4n) is 3.85. The summed E-state index contributed by atoms with van der Waals surface area (Å²) in [6, 6.07) is 17.4. The number of benzene rings is 2. The van der Waals surface area contributed by atoms with Crippen molar-refractivity contribution in [3.05, 3.63) is 82.8 Å². The van der Waals surface area contributed by atoms with Crippen LogP contribution in [0.4, 0.5) is 0 Å². The summed E-state index contributed by atoms with van der Waals surface area (Å²) in [5, 5.41) is 0. The zero-order valence-electron chi connectivity index (χ0n) is 16.3. The summed E-state index contributed by atoms with van der Waals surface area (Å²) in [5.41, 5.74) is 3.25. The molecule has 0 saturated heterocycles. The van der Waals surface area contributed by atoms with Gasteiger partial charge in [0.15, 0.2) is 17.3 Å². The quantitative estimate of drug-likeness (QED) is 0.677. The number of furan rings is 1. The molecule has 144 valence electrons. The number of hydrogen-bond donors (Lipinski definition) is 0. The molecule has 0 N–H and O–H groups in total. The van der Waals surface area contributed by atoms with Crippen LogP contribution in [0.15, 0.2) is 59.0 Å². The van der Waals surface area contributed by atoms with E-state index in [-0.39, 0.29) is 11.9 Å². The molecule has 28 heavy (non-hydrogen) atoms. The Kier molecular flexibility index (Phi) is 4.82. The molecular formula is C23H23NO4. The topological polar surface area (TPSA) is 51.9 Å². The number of fused-ring (bicyclic) bond motifs is 1. The molecule has 0 spiro atoms. The van der Waals surface area contributed by atoms with Crippen molar-refractivity contribution < 1.29 is 18.7 Å². The fraction of sp³-hybridized carbons (Fsp3) is 0.261. The predicted molar refractivity (Wildman–Crippen MR) is 106 cm³/mol. The van der Waals surface area contributed by atoms with Crippen LogP contribution in [0.25, 0.3) is 0 Å². The molecule has 0 bridgehead atoms. The van der Waals surface area contributed by atoms with Crippen LogP contribution in [0.1, 0.15) is 39.0 Å². The lowest BCUT2D eigenvalue weighted by molar-refractivity contribution is 0.0660. The number of aryl methyl sites for hydroxylation is 1. The molecule has 1 aliphatic heterocycles. The minimum absolute atomic E-state index is 0.109. The van der Waals surface area contributed by atoms with Gasteiger partial charge in [-0.15, -0.1) is 0 Å². The molecule has 5 heteroatoms. The Morgan fingerprint density at radius 1 is 1.04 bits per heavy atom. The summed E-state index contributed by atoms with van der Waals surface area (Å²) in [6.07, 6.45) is 0.741. The Morgan fingerprint density at radius 3 is 2.39 bits per heavy atom. The molecule has 2 aromatic carbocycles. The highest BCUT2D eigenvalue weighted by Crippen LogP contribution is 2.41. The van der Waals surface area contributed by atoms with Crippen molar-refractivity contribution in [3.8, 4) is 11.5 Å². The second kappa shape index (κ2) is 7.43. The van der Waals surface area contributed by atoms with Crippen LogP contribution in [-0.2, 0) is 6.42 Å². The number of rotatable bonds is 4. The van der Waals surface area contributed by atoms with Crippen molar-refractivity contribution in [1.29, 1.82) is 0 Å². The number of hydrogen-bond acceptors (Lipinski definition) is 4. The van der Waals surface area contributed by atoms with Gasteiger partial charge in [-0.25, -0.2) is 0 Å². The molecule has 0 radical (unpaired) electrons. The highest BCUT2D eigenvalue weighted by atomic mass is 16.5. The molecule has 1 unspecified atom stereocenters. The van der Waals surface area contributed by atoms with E-state index in [2.05, 4.69) is 0 Å². The maximum absolute atomic E-state index is 13.3. The molecule has 0 aliphatic carbocycles. The van der Waals surface area contributed by atoms with E-state index in [0.717, 1.165) is 28.9 Å². The van der Waals surface area contributed by atoms with Crippen LogP contribution in [-0.4, -0.2) is 31.6 Å². The van der Waals surface area contributed by atoms with Gasteiger partial charge in [0, 0.05) is 6.54 Å². The molecule has 3 aromatic rings. The number of carbonyl (C=O) groups is 1. The van der Waals surface area contributed by atoms with Gasteiger partial charge in [0.1, 0.15) is 5.76 Å². The zero-order chi connectivity index (χ0) is 19.7. The van der Waals surface area contributed by atoms with E-state index in [1.165, 1.54) is 0 Å². The summed E-state index contributed by atoms with van der Waals surface area (Å²) in [7, 11) is 3.26. The molecule has 1 aliphatic rings. The smallest absolute Gasteiger partial charge is 0.290 e. The zero-order valence-corrected chi connectivity index (χ0v) is 16.3. The van der Waals surface area contributed by atoms with Gasteiger partial charge in [-0.2, -0.15) is 0 Å². The van der Waals surface area contributed by atoms with Gasteiger partial charge >= 0.3 is 0 Å². The molecule has 1 amide bonds. The maximum atomic E-state index is 13.3. The monoisotopic (exact) mass is 377 g/mol. The van der Waals surface area contributed by atoms with Gasteiger partial charge in [0.2, 0.25) is 0 Å². The number of amides is 1. The van der Waals surface area contributed by atoms with Crippen LogP contribution in [0.3, 0.4) is 0 Å². The fourth-order valence-corrected chi connectivity index (χ4v) is 3.85. The second-order valence-electron chi connectivity index (χ2n) is 6.88. The van der Waals surface area contributed by atoms with Crippen LogP contribution in [0.2, 0.25) is 0 Å². The van der Waals surface area contributed by atoms with E-state index in [9.17, 15) is 4.79 Å². The minimum atomic E-state index is -0.220. The summed E-state index contributed by atoms with van der Waals surface area (Å²) >= 11 is 0. The molecule has 0 saturated carbocycles. The van der Waals surface area contributed by atoms with Crippen molar-refractivity contribution in [2.24, 2.45) is 0 Å². The van der Waals surface area contributed by atoms with Crippen molar-refractivity contribution >= 4 is 5.91 Å². The van der Waals surface area contributed by atoms with E-state index in [1.807, 2.05) is 60.4 Å². The Balaban J connectivity index is 1.84. The SMILES string of the molecule is COc1cc2c(cc1OC)C(c1ccccc1)N(C(=O)c1ccc(C)o1)CC2. The average Bonchev–Trinajstić information content (AvgIpc) is 3.18. The third kappa shape index (κ3) is 3.13. The van der Waals surface area contributed by atoms with E-state index in [0.29, 0.717) is 23.8 Å². The van der Waals surface area contributed by atoms with E-state index >= 15 is 0 Å². The van der Waals surface area contributed by atoms with E-state index in [4.69, 9.17) is 13.9 Å². The Hall–Kier alpha value is -3.21. The third-order valence-corrected chi connectivity index (χ3v) is 5.20. The summed E-state index contributed by atoms with van der Waals surface area (Å²) < 4.78 is 16.6. The van der Waals surface area contributed by atoms with Crippen LogP contribution in [0.5, 0.6) is 11.5 Å². The van der Waals surface area contributed by atoms with Crippen LogP contribution >= 0.6 is 0 Å². The number of methoxy groups -OCH3 is 2. The summed E-state index contributed by atoms with van der Waals surface area (Å²) in [6.45, 7) is 2.44. The molecule has 5 nitrogen and oxygen atoms in total. The lowest BCUT2D eigenvalue weighted by atomic mass is 9.87. The van der Waals surface area contributed by atoms with Gasteiger partial charge < -0.3 is 18.8 Å². The molecule has 4 rings (SSSR count). The Morgan fingerprint density at radius 2 is 1.75 bits per heavy atom. The second-order valence-corrected chi connectivity index (χ2v) is 6.88. The van der Waals surface area contributed by atoms with Gasteiger partial charge in [0.25, 0.3) is 5.91 Å². The third-order valence-electron chi connectivity index (χ3n) is 5.20. The van der Waals surface area contributed by atoms with Crippen LogP contribution in [0, 0.1) is 6.92 Å². The standard InChI is InChI=1S/C23H23NO4/c1-15-9-10-19(28-15)23(25)24-12-11-17-13-20(26-2)21(27-3)14-18(17)22(24)16-7-5-4-6-8-16/h4-10,13-14,22H,11-12H2,1-3H3. The maximum Gasteiger partial charge on any atom is 0.290 e. The van der Waals surface area contributed by atoms with E-state index in [1.54, 1.807) is 20.3 Å². The lowest BCUT2D eigenvalue weighted by Gasteiger charge is -2.37. The normalized spacial score (nSPS) is 15.8. The Labute approximate surface area is 164 Å². The van der Waals surface area contributed by atoms with Gasteiger partial charge in [0.05, 0.1) is 20.3 Å². The lowest BCUT2D eigenvalue weighted by Crippen LogP contribution is -2.40. The first-order chi connectivity index (χ1) is 13.6. The predicted octanol–water partition coefficient (Wildman–Crippen LogP) is 4.39. The first-order valence-electron chi connectivity index (χ1n) is 9.29. The van der Waals surface area contributed by atoms with Gasteiger partial charge in [-0.05, 0) is 54.3 Å². The van der Waals surface area contributed by atoms with Crippen molar-refractivity contribution in [2.75, 3.05) is 20.8 Å². The first kappa shape index (κ1) is 18.2. The molecule has 2 heterocycles. The molecule has 0 fully saturated rings. The highest BCUT2D eigenvalue weighted by Gasteiger charge is 2.34. The number of carbonyl (C=O) groups excluding carboxylic acids is 1. The molecule has 1 atom stereocenters. The largest absolute Gasteiger partial charge is 0.493 e. The first-order valence-corrected chi connectivity index (χ1v) is 9.29. The Bertz CT molecular complexity index is 993. The van der Waals surface area contributed by atoms with Gasteiger partial charge in [-0.1, -0.05) is 30.3 Å². The molecule has 1 aromatic heterocycles. The number of nitrogens with zero attached hydrogens (tertiary/aromatic N) is 1. The highest BCUT2D eigenvalue weighted by molar-refractivity contribution is 5.92. The average molecular weight is 377 g/mol. The van der Waals surface area contributed by atoms with Crippen molar-refractivity contribution in [1.82, 2.24) is 4.90 Å². The van der Waals surface area contributed by atoms with Crippen molar-refractivity contribution in [3.63, 3.8) is 0 Å². The van der Waals surface area contributed by atoms with Crippen molar-refractivity contribution in [2.45, 2.75) is 19.4 Å². The summed E-state index contributed by atoms with van der Waals surface area (Å²) in [4.78, 5) is 15.1. The molecular weight excluding hydrogens is 354 g/mol.